The molecule has 0 atom stereocenters. The van der Waals surface area contributed by atoms with Crippen molar-refractivity contribution in [1.29, 1.82) is 0 Å². The Kier molecular flexibility index (Phi) is 5.91. The van der Waals surface area contributed by atoms with Gasteiger partial charge in [-0.25, -0.2) is 4.98 Å². The highest BCUT2D eigenvalue weighted by atomic mass is 35.5. The number of halogens is 1. The molecule has 0 aliphatic carbocycles. The highest BCUT2D eigenvalue weighted by Crippen LogP contribution is 2.31. The fraction of sp³-hybridized carbons (Fsp3) is 0.286. The number of hydrogen-bond acceptors (Lipinski definition) is 5. The molecule has 0 unspecified atom stereocenters. The van der Waals surface area contributed by atoms with Crippen LogP contribution in [-0.4, -0.2) is 42.4 Å². The normalized spacial score (nSPS) is 10.7. The van der Waals surface area contributed by atoms with Crippen LogP contribution in [0, 0.1) is 0 Å². The molecule has 1 heterocycles. The molecule has 0 amide bonds. The van der Waals surface area contributed by atoms with Crippen molar-refractivity contribution in [3.63, 3.8) is 0 Å². The lowest BCUT2D eigenvalue weighted by atomic mass is 10.0. The third kappa shape index (κ3) is 4.19. The molecule has 27 heavy (non-hydrogen) atoms. The van der Waals surface area contributed by atoms with Gasteiger partial charge in [0.15, 0.2) is 0 Å². The first kappa shape index (κ1) is 19.1. The van der Waals surface area contributed by atoms with E-state index in [4.69, 9.17) is 11.6 Å². The first-order chi connectivity index (χ1) is 13.0. The Hall–Kier alpha value is -2.66. The van der Waals surface area contributed by atoms with E-state index < -0.39 is 0 Å². The summed E-state index contributed by atoms with van der Waals surface area (Å²) in [7, 11) is 4.03. The molecule has 0 spiro atoms. The predicted molar refractivity (Wildman–Crippen MR) is 114 cm³/mol. The fourth-order valence-corrected chi connectivity index (χ4v) is 3.16. The Morgan fingerprint density at radius 1 is 0.741 bits per heavy atom. The van der Waals surface area contributed by atoms with Gasteiger partial charge in [0.2, 0.25) is 5.28 Å². The average Bonchev–Trinajstić information content (AvgIpc) is 2.69. The second-order valence-electron chi connectivity index (χ2n) is 6.44. The van der Waals surface area contributed by atoms with Gasteiger partial charge < -0.3 is 9.80 Å². The Morgan fingerprint density at radius 3 is 1.78 bits per heavy atom. The molecular formula is C21H24ClN5. The molecule has 0 N–H and O–H groups in total. The SMILES string of the molecule is CCN(CC)c1ccc(-c2nnc(Cl)nc2-c2ccc(N(C)C)cc2)cc1. The molecule has 140 valence electrons. The zero-order valence-electron chi connectivity index (χ0n) is 16.1. The van der Waals surface area contributed by atoms with Gasteiger partial charge in [-0.15, -0.1) is 10.2 Å². The van der Waals surface area contributed by atoms with Crippen LogP contribution in [0.2, 0.25) is 5.28 Å². The summed E-state index contributed by atoms with van der Waals surface area (Å²) in [5.41, 5.74) is 5.70. The van der Waals surface area contributed by atoms with Gasteiger partial charge in [-0.05, 0) is 49.7 Å². The molecule has 3 rings (SSSR count). The van der Waals surface area contributed by atoms with E-state index in [1.54, 1.807) is 0 Å². The number of hydrogen-bond donors (Lipinski definition) is 0. The topological polar surface area (TPSA) is 45.2 Å². The molecule has 6 heteroatoms. The summed E-state index contributed by atoms with van der Waals surface area (Å²) < 4.78 is 0. The van der Waals surface area contributed by atoms with Crippen LogP contribution in [0.1, 0.15) is 13.8 Å². The number of anilines is 2. The third-order valence-electron chi connectivity index (χ3n) is 4.59. The van der Waals surface area contributed by atoms with E-state index in [-0.39, 0.29) is 5.28 Å². The second kappa shape index (κ2) is 8.35. The van der Waals surface area contributed by atoms with Gasteiger partial charge in [-0.2, -0.15) is 0 Å². The Labute approximate surface area is 165 Å². The predicted octanol–water partition coefficient (Wildman–Crippen LogP) is 4.77. The number of rotatable bonds is 6. The minimum atomic E-state index is 0.144. The molecular weight excluding hydrogens is 358 g/mol. The molecule has 0 fully saturated rings. The third-order valence-corrected chi connectivity index (χ3v) is 4.75. The van der Waals surface area contributed by atoms with Crippen LogP contribution in [0.3, 0.4) is 0 Å². The van der Waals surface area contributed by atoms with Crippen LogP contribution in [-0.2, 0) is 0 Å². The molecule has 0 aliphatic rings. The van der Waals surface area contributed by atoms with Crippen molar-refractivity contribution in [3.8, 4) is 22.5 Å². The lowest BCUT2D eigenvalue weighted by Crippen LogP contribution is -2.21. The second-order valence-corrected chi connectivity index (χ2v) is 6.78. The van der Waals surface area contributed by atoms with Gasteiger partial charge in [-0.3, -0.25) is 0 Å². The largest absolute Gasteiger partial charge is 0.378 e. The highest BCUT2D eigenvalue weighted by Gasteiger charge is 2.14. The zero-order chi connectivity index (χ0) is 19.4. The van der Waals surface area contributed by atoms with Gasteiger partial charge >= 0.3 is 0 Å². The molecule has 0 bridgehead atoms. The van der Waals surface area contributed by atoms with Crippen LogP contribution in [0.5, 0.6) is 0 Å². The van der Waals surface area contributed by atoms with Crippen LogP contribution in [0.4, 0.5) is 11.4 Å². The number of benzene rings is 2. The Morgan fingerprint density at radius 2 is 1.26 bits per heavy atom. The molecule has 3 aromatic rings. The molecule has 1 aromatic heterocycles. The van der Waals surface area contributed by atoms with Crippen molar-refractivity contribution in [2.24, 2.45) is 0 Å². The van der Waals surface area contributed by atoms with Gasteiger partial charge in [0.1, 0.15) is 11.4 Å². The van der Waals surface area contributed by atoms with Gasteiger partial charge in [0, 0.05) is 49.7 Å². The minimum absolute atomic E-state index is 0.144. The van der Waals surface area contributed by atoms with E-state index in [0.717, 1.165) is 41.3 Å². The van der Waals surface area contributed by atoms with Crippen LogP contribution in [0.25, 0.3) is 22.5 Å². The smallest absolute Gasteiger partial charge is 0.243 e. The summed E-state index contributed by atoms with van der Waals surface area (Å²) in [6.45, 7) is 6.26. The average molecular weight is 382 g/mol. The van der Waals surface area contributed by atoms with E-state index in [1.165, 1.54) is 5.69 Å². The van der Waals surface area contributed by atoms with E-state index in [0.29, 0.717) is 0 Å². The maximum atomic E-state index is 6.04. The van der Waals surface area contributed by atoms with Gasteiger partial charge in [0.25, 0.3) is 0 Å². The molecule has 2 aromatic carbocycles. The minimum Gasteiger partial charge on any atom is -0.378 e. The monoisotopic (exact) mass is 381 g/mol. The van der Waals surface area contributed by atoms with Crippen molar-refractivity contribution in [2.45, 2.75) is 13.8 Å². The zero-order valence-corrected chi connectivity index (χ0v) is 16.9. The summed E-state index contributed by atoms with van der Waals surface area (Å²) >= 11 is 6.04. The van der Waals surface area contributed by atoms with Crippen LogP contribution < -0.4 is 9.80 Å². The number of nitrogens with zero attached hydrogens (tertiary/aromatic N) is 5. The standard InChI is InChI=1S/C21H24ClN5/c1-5-27(6-2)18-13-9-16(10-14-18)20-19(23-21(22)25-24-20)15-7-11-17(12-8-15)26(3)4/h7-14H,5-6H2,1-4H3. The number of aromatic nitrogens is 3. The van der Waals surface area contributed by atoms with Crippen molar-refractivity contribution in [2.75, 3.05) is 37.0 Å². The first-order valence-electron chi connectivity index (χ1n) is 9.06. The molecule has 0 saturated heterocycles. The molecule has 0 saturated carbocycles. The summed E-state index contributed by atoms with van der Waals surface area (Å²) in [4.78, 5) is 8.81. The maximum Gasteiger partial charge on any atom is 0.243 e. The Balaban J connectivity index is 2.01. The summed E-state index contributed by atoms with van der Waals surface area (Å²) in [6, 6.07) is 16.5. The van der Waals surface area contributed by atoms with Crippen molar-refractivity contribution >= 4 is 23.0 Å². The van der Waals surface area contributed by atoms with Gasteiger partial charge in [-0.1, -0.05) is 24.3 Å². The maximum absolute atomic E-state index is 6.04. The van der Waals surface area contributed by atoms with Crippen molar-refractivity contribution < 1.29 is 0 Å². The van der Waals surface area contributed by atoms with Crippen molar-refractivity contribution in [3.05, 3.63) is 53.8 Å². The lowest BCUT2D eigenvalue weighted by Gasteiger charge is -2.21. The molecule has 5 nitrogen and oxygen atoms in total. The summed E-state index contributed by atoms with van der Waals surface area (Å²) in [5, 5.41) is 8.44. The van der Waals surface area contributed by atoms with E-state index in [1.807, 2.05) is 26.2 Å². The first-order valence-corrected chi connectivity index (χ1v) is 9.44. The molecule has 0 aliphatic heterocycles. The van der Waals surface area contributed by atoms with Gasteiger partial charge in [0.05, 0.1) is 0 Å². The highest BCUT2D eigenvalue weighted by molar-refractivity contribution is 6.28. The van der Waals surface area contributed by atoms with E-state index in [9.17, 15) is 0 Å². The quantitative estimate of drug-likeness (QED) is 0.615. The summed E-state index contributed by atoms with van der Waals surface area (Å²) in [5.74, 6) is 0. The lowest BCUT2D eigenvalue weighted by molar-refractivity contribution is 0.866. The van der Waals surface area contributed by atoms with E-state index >= 15 is 0 Å². The van der Waals surface area contributed by atoms with Crippen LogP contribution >= 0.6 is 11.6 Å². The van der Waals surface area contributed by atoms with Crippen LogP contribution in [0.15, 0.2) is 48.5 Å². The summed E-state index contributed by atoms with van der Waals surface area (Å²) in [6.07, 6.45) is 0. The van der Waals surface area contributed by atoms with E-state index in [2.05, 4.69) is 75.2 Å². The fourth-order valence-electron chi connectivity index (χ4n) is 3.04. The van der Waals surface area contributed by atoms with Crippen molar-refractivity contribution in [1.82, 2.24) is 15.2 Å². The molecule has 0 radical (unpaired) electrons. The Bertz CT molecular complexity index is 887.